The number of unbranched alkanes of at least 4 members (excludes halogenated alkanes) is 22. The van der Waals surface area contributed by atoms with Crippen LogP contribution in [-0.4, -0.2) is 98.3 Å². The molecule has 0 spiro atoms. The molecule has 14 heteroatoms. The van der Waals surface area contributed by atoms with Crippen LogP contribution in [0.2, 0.25) is 0 Å². The monoisotopic (exact) mass is 782 g/mol. The number of carbonyl (C=O) groups excluding carboxylic acids is 2. The predicted molar refractivity (Wildman–Crippen MR) is 203 cm³/mol. The minimum Gasteiger partial charge on any atom is -0.462 e. The van der Waals surface area contributed by atoms with E-state index < -0.39 is 75.7 Å². The summed E-state index contributed by atoms with van der Waals surface area (Å²) in [5, 5.41) is 50.0. The minimum atomic E-state index is -5.10. The van der Waals surface area contributed by atoms with Crippen LogP contribution in [0.4, 0.5) is 0 Å². The average molecular weight is 783 g/mol. The highest BCUT2D eigenvalue weighted by molar-refractivity contribution is 7.47. The molecule has 6 unspecified atom stereocenters. The summed E-state index contributed by atoms with van der Waals surface area (Å²) in [5.41, 5.74) is 0. The van der Waals surface area contributed by atoms with Gasteiger partial charge in [0.15, 0.2) is 6.10 Å². The first-order valence-corrected chi connectivity index (χ1v) is 22.3. The van der Waals surface area contributed by atoms with Crippen LogP contribution in [0.3, 0.4) is 0 Å². The maximum absolute atomic E-state index is 12.7. The summed E-state index contributed by atoms with van der Waals surface area (Å²) < 4.78 is 33.4. The molecule has 1 fully saturated rings. The molecule has 1 saturated carbocycles. The highest BCUT2D eigenvalue weighted by Crippen LogP contribution is 2.47. The van der Waals surface area contributed by atoms with Crippen molar-refractivity contribution in [2.45, 2.75) is 224 Å². The lowest BCUT2D eigenvalue weighted by Crippen LogP contribution is -2.64. The number of phosphoric acid groups is 1. The highest BCUT2D eigenvalue weighted by atomic mass is 31.2. The summed E-state index contributed by atoms with van der Waals surface area (Å²) in [6.45, 7) is 3.28. The van der Waals surface area contributed by atoms with E-state index in [1.165, 1.54) is 103 Å². The number of aliphatic hydroxyl groups excluding tert-OH is 5. The standard InChI is InChI=1S/C39H75O13P/c1-3-5-7-9-11-13-15-17-19-21-23-25-27-32(40)49-29-31(51-33(41)28-26-24-22-20-18-16-14-12-10-8-6-4-2)30-50-53(47,48)52-39-37(45)35(43)34(42)36(44)38(39)46/h31,34-39,42-46H,3-30H2,1-2H3,(H,47,48). The van der Waals surface area contributed by atoms with Crippen molar-refractivity contribution in [2.24, 2.45) is 0 Å². The summed E-state index contributed by atoms with van der Waals surface area (Å²) >= 11 is 0. The van der Waals surface area contributed by atoms with E-state index in [1.54, 1.807) is 0 Å². The average Bonchev–Trinajstić information content (AvgIpc) is 3.13. The lowest BCUT2D eigenvalue weighted by atomic mass is 9.85. The molecule has 0 aliphatic heterocycles. The van der Waals surface area contributed by atoms with E-state index in [1.807, 2.05) is 0 Å². The highest BCUT2D eigenvalue weighted by Gasteiger charge is 2.51. The van der Waals surface area contributed by atoms with Gasteiger partial charge in [-0.15, -0.1) is 0 Å². The van der Waals surface area contributed by atoms with Gasteiger partial charge in [0.25, 0.3) is 0 Å². The normalized spacial score (nSPS) is 23.4. The summed E-state index contributed by atoms with van der Waals surface area (Å²) in [7, 11) is -5.10. The molecule has 314 valence electrons. The van der Waals surface area contributed by atoms with Gasteiger partial charge in [0.1, 0.15) is 43.2 Å². The Morgan fingerprint density at radius 1 is 0.509 bits per heavy atom. The lowest BCUT2D eigenvalue weighted by Gasteiger charge is -2.41. The Morgan fingerprint density at radius 2 is 0.849 bits per heavy atom. The minimum absolute atomic E-state index is 0.104. The fourth-order valence-corrected chi connectivity index (χ4v) is 7.50. The van der Waals surface area contributed by atoms with Crippen LogP contribution < -0.4 is 0 Å². The molecule has 13 nitrogen and oxygen atoms in total. The molecular weight excluding hydrogens is 707 g/mol. The number of aliphatic hydroxyl groups is 5. The van der Waals surface area contributed by atoms with Crippen molar-refractivity contribution in [3.63, 3.8) is 0 Å². The van der Waals surface area contributed by atoms with Crippen LogP contribution in [0.25, 0.3) is 0 Å². The van der Waals surface area contributed by atoms with Gasteiger partial charge < -0.3 is 39.9 Å². The van der Waals surface area contributed by atoms with Gasteiger partial charge in [-0.2, -0.15) is 0 Å². The first-order chi connectivity index (χ1) is 25.4. The van der Waals surface area contributed by atoms with Gasteiger partial charge in [0, 0.05) is 12.8 Å². The zero-order valence-electron chi connectivity index (χ0n) is 32.8. The van der Waals surface area contributed by atoms with Gasteiger partial charge in [-0.3, -0.25) is 18.6 Å². The molecule has 0 bridgehead atoms. The number of phosphoric ester groups is 1. The van der Waals surface area contributed by atoms with E-state index >= 15 is 0 Å². The lowest BCUT2D eigenvalue weighted by molar-refractivity contribution is -0.220. The van der Waals surface area contributed by atoms with Crippen LogP contribution in [0, 0.1) is 0 Å². The number of hydrogen-bond acceptors (Lipinski definition) is 12. The molecule has 0 aromatic heterocycles. The van der Waals surface area contributed by atoms with E-state index in [2.05, 4.69) is 13.8 Å². The van der Waals surface area contributed by atoms with Gasteiger partial charge in [0.05, 0.1) is 6.61 Å². The van der Waals surface area contributed by atoms with Crippen molar-refractivity contribution in [3.8, 4) is 0 Å². The first kappa shape index (κ1) is 49.9. The van der Waals surface area contributed by atoms with E-state index in [0.717, 1.165) is 38.5 Å². The van der Waals surface area contributed by atoms with Gasteiger partial charge in [0.2, 0.25) is 0 Å². The second-order valence-corrected chi connectivity index (χ2v) is 16.3. The molecule has 0 saturated heterocycles. The molecule has 6 atom stereocenters. The van der Waals surface area contributed by atoms with E-state index in [0.29, 0.717) is 12.8 Å². The third-order valence-corrected chi connectivity index (χ3v) is 10.9. The zero-order chi connectivity index (χ0) is 39.3. The van der Waals surface area contributed by atoms with Crippen molar-refractivity contribution in [3.05, 3.63) is 0 Å². The van der Waals surface area contributed by atoms with Crippen LogP contribution in [0.5, 0.6) is 0 Å². The number of hydrogen-bond donors (Lipinski definition) is 6. The summed E-state index contributed by atoms with van der Waals surface area (Å²) in [6.07, 6.45) is 14.6. The van der Waals surface area contributed by atoms with Gasteiger partial charge in [-0.05, 0) is 12.8 Å². The Kier molecular flexibility index (Phi) is 29.2. The van der Waals surface area contributed by atoms with Crippen molar-refractivity contribution in [2.75, 3.05) is 13.2 Å². The zero-order valence-corrected chi connectivity index (χ0v) is 33.7. The van der Waals surface area contributed by atoms with Crippen molar-refractivity contribution < 1.29 is 63.1 Å². The number of ether oxygens (including phenoxy) is 2. The molecule has 1 rings (SSSR count). The molecule has 1 aliphatic rings. The maximum atomic E-state index is 12.7. The van der Waals surface area contributed by atoms with E-state index in [9.17, 15) is 44.6 Å². The third kappa shape index (κ3) is 24.2. The molecule has 6 N–H and O–H groups in total. The quantitative estimate of drug-likeness (QED) is 0.0222. The van der Waals surface area contributed by atoms with Crippen LogP contribution in [0.1, 0.15) is 181 Å². The maximum Gasteiger partial charge on any atom is 0.472 e. The Hall–Kier alpha value is -1.15. The van der Waals surface area contributed by atoms with E-state index in [4.69, 9.17) is 18.5 Å². The summed E-state index contributed by atoms with van der Waals surface area (Å²) in [6, 6.07) is 0. The van der Waals surface area contributed by atoms with Gasteiger partial charge in [-0.1, -0.05) is 155 Å². The Balaban J connectivity index is 2.51. The molecule has 53 heavy (non-hydrogen) atoms. The fourth-order valence-electron chi connectivity index (χ4n) is 6.52. The van der Waals surface area contributed by atoms with Crippen LogP contribution in [-0.2, 0) is 32.7 Å². The molecule has 0 aromatic rings. The fraction of sp³-hybridized carbons (Fsp3) is 0.949. The molecule has 0 radical (unpaired) electrons. The second kappa shape index (κ2) is 31.0. The van der Waals surface area contributed by atoms with Crippen molar-refractivity contribution >= 4 is 19.8 Å². The molecule has 0 aromatic carbocycles. The molecule has 0 amide bonds. The van der Waals surface area contributed by atoms with Crippen molar-refractivity contribution in [1.82, 2.24) is 0 Å². The number of rotatable bonds is 34. The summed E-state index contributed by atoms with van der Waals surface area (Å²) in [5.74, 6) is -1.09. The largest absolute Gasteiger partial charge is 0.472 e. The SMILES string of the molecule is CCCCCCCCCCCCCCC(=O)OCC(COP(=O)(O)OC1C(O)C(O)C(O)C(O)C1O)OC(=O)CCCCCCCCCCCCCC. The van der Waals surface area contributed by atoms with Crippen molar-refractivity contribution in [1.29, 1.82) is 0 Å². The number of esters is 2. The first-order valence-electron chi connectivity index (χ1n) is 20.8. The molecule has 0 heterocycles. The van der Waals surface area contributed by atoms with E-state index in [-0.39, 0.29) is 12.8 Å². The number of carbonyl (C=O) groups is 2. The van der Waals surface area contributed by atoms with Gasteiger partial charge >= 0.3 is 19.8 Å². The molecule has 1 aliphatic carbocycles. The van der Waals surface area contributed by atoms with Gasteiger partial charge in [-0.25, -0.2) is 4.57 Å². The topological polar surface area (TPSA) is 210 Å². The van der Waals surface area contributed by atoms with Crippen LogP contribution in [0.15, 0.2) is 0 Å². The van der Waals surface area contributed by atoms with Crippen LogP contribution >= 0.6 is 7.82 Å². The second-order valence-electron chi connectivity index (χ2n) is 14.9. The third-order valence-electron chi connectivity index (χ3n) is 9.95. The Labute approximate surface area is 319 Å². The predicted octanol–water partition coefficient (Wildman–Crippen LogP) is 6.94. The molecular formula is C39H75O13P. The Bertz CT molecular complexity index is 954. The Morgan fingerprint density at radius 3 is 1.25 bits per heavy atom. The summed E-state index contributed by atoms with van der Waals surface area (Å²) in [4.78, 5) is 35.5. The smallest absolute Gasteiger partial charge is 0.462 e.